The molecule has 1 saturated heterocycles. The molecule has 1 fully saturated rings. The molecular formula is C15H22ClN3O2S. The van der Waals surface area contributed by atoms with Crippen LogP contribution in [0.1, 0.15) is 30.4 Å². The quantitative estimate of drug-likeness (QED) is 0.897. The summed E-state index contributed by atoms with van der Waals surface area (Å²) < 4.78 is 0.614. The van der Waals surface area contributed by atoms with Gasteiger partial charge in [0.05, 0.1) is 9.21 Å². The molecule has 2 rings (SSSR count). The number of carbonyl (C=O) groups excluding carboxylic acids is 2. The smallest absolute Gasteiger partial charge is 0.317 e. The Labute approximate surface area is 140 Å². The van der Waals surface area contributed by atoms with Crippen molar-refractivity contribution in [3.63, 3.8) is 0 Å². The second-order valence-electron chi connectivity index (χ2n) is 6.60. The van der Waals surface area contributed by atoms with E-state index >= 15 is 0 Å². The van der Waals surface area contributed by atoms with Gasteiger partial charge in [0, 0.05) is 32.7 Å². The lowest BCUT2D eigenvalue weighted by Crippen LogP contribution is -2.53. The van der Waals surface area contributed by atoms with E-state index in [1.165, 1.54) is 11.3 Å². The minimum absolute atomic E-state index is 0.00773. The lowest BCUT2D eigenvalue weighted by Gasteiger charge is -2.35. The molecule has 122 valence electrons. The van der Waals surface area contributed by atoms with Crippen LogP contribution in [0.25, 0.3) is 0 Å². The van der Waals surface area contributed by atoms with Crippen LogP contribution < -0.4 is 5.32 Å². The van der Waals surface area contributed by atoms with Crippen LogP contribution in [0.4, 0.5) is 4.79 Å². The summed E-state index contributed by atoms with van der Waals surface area (Å²) in [6, 6.07) is 3.43. The third-order valence-corrected chi connectivity index (χ3v) is 4.63. The van der Waals surface area contributed by atoms with Crippen LogP contribution in [0.15, 0.2) is 12.1 Å². The third kappa shape index (κ3) is 4.61. The number of urea groups is 1. The molecule has 7 heteroatoms. The topological polar surface area (TPSA) is 52.7 Å². The number of carbonyl (C=O) groups is 2. The summed E-state index contributed by atoms with van der Waals surface area (Å²) in [6.45, 7) is 9.09. The standard InChI is InChI=1S/C15H22ClN3O2S/c1-15(2,3)10-17-14(21)19-8-6-18(7-9-19)13(20)11-4-5-12(16)22-11/h4-5H,6-10H2,1-3H3,(H,17,21). The zero-order valence-electron chi connectivity index (χ0n) is 13.2. The Morgan fingerprint density at radius 3 is 2.27 bits per heavy atom. The number of nitrogens with one attached hydrogen (secondary N) is 1. The zero-order valence-corrected chi connectivity index (χ0v) is 14.8. The molecule has 0 spiro atoms. The van der Waals surface area contributed by atoms with E-state index in [-0.39, 0.29) is 17.4 Å². The summed E-state index contributed by atoms with van der Waals surface area (Å²) in [5.41, 5.74) is 0.0614. The average Bonchev–Trinajstić information content (AvgIpc) is 2.90. The molecule has 1 N–H and O–H groups in total. The lowest BCUT2D eigenvalue weighted by atomic mass is 9.97. The maximum Gasteiger partial charge on any atom is 0.317 e. The SMILES string of the molecule is CC(C)(C)CNC(=O)N1CCN(C(=O)c2ccc(Cl)s2)CC1. The van der Waals surface area contributed by atoms with Gasteiger partial charge in [-0.15, -0.1) is 11.3 Å². The summed E-state index contributed by atoms with van der Waals surface area (Å²) in [4.78, 5) is 28.6. The number of piperazine rings is 1. The number of rotatable bonds is 2. The second kappa shape index (κ2) is 6.87. The number of nitrogens with zero attached hydrogens (tertiary/aromatic N) is 2. The fourth-order valence-corrected chi connectivity index (χ4v) is 3.16. The molecule has 0 bridgehead atoms. The number of hydrogen-bond acceptors (Lipinski definition) is 3. The molecule has 1 aliphatic rings. The van der Waals surface area contributed by atoms with Gasteiger partial charge in [0.25, 0.3) is 5.91 Å². The lowest BCUT2D eigenvalue weighted by molar-refractivity contribution is 0.0669. The first kappa shape index (κ1) is 17.1. The average molecular weight is 344 g/mol. The van der Waals surface area contributed by atoms with Crippen LogP contribution >= 0.6 is 22.9 Å². The summed E-state index contributed by atoms with van der Waals surface area (Å²) in [6.07, 6.45) is 0. The van der Waals surface area contributed by atoms with Crippen LogP contribution in [0, 0.1) is 5.41 Å². The number of thiophene rings is 1. The predicted molar refractivity (Wildman–Crippen MR) is 89.7 cm³/mol. The van der Waals surface area contributed by atoms with E-state index in [0.717, 1.165) is 0 Å². The first-order valence-electron chi connectivity index (χ1n) is 7.34. The molecule has 1 aliphatic heterocycles. The van der Waals surface area contributed by atoms with E-state index in [1.807, 2.05) is 0 Å². The van der Waals surface area contributed by atoms with Gasteiger partial charge in [0.15, 0.2) is 0 Å². The van der Waals surface area contributed by atoms with Gasteiger partial charge in [-0.2, -0.15) is 0 Å². The first-order valence-corrected chi connectivity index (χ1v) is 8.53. The summed E-state index contributed by atoms with van der Waals surface area (Å²) >= 11 is 7.16. The largest absolute Gasteiger partial charge is 0.337 e. The number of halogens is 1. The van der Waals surface area contributed by atoms with Gasteiger partial charge in [-0.1, -0.05) is 32.4 Å². The minimum Gasteiger partial charge on any atom is -0.337 e. The third-order valence-electron chi connectivity index (χ3n) is 3.41. The molecule has 0 aromatic carbocycles. The van der Waals surface area contributed by atoms with Crippen molar-refractivity contribution in [1.82, 2.24) is 15.1 Å². The van der Waals surface area contributed by atoms with Crippen LogP contribution in [0.3, 0.4) is 0 Å². The van der Waals surface area contributed by atoms with Crippen molar-refractivity contribution >= 4 is 34.9 Å². The Balaban J connectivity index is 1.82. The van der Waals surface area contributed by atoms with Gasteiger partial charge in [0.2, 0.25) is 0 Å². The number of amides is 3. The Bertz CT molecular complexity index is 545. The minimum atomic E-state index is -0.0545. The van der Waals surface area contributed by atoms with Crippen LogP contribution in [-0.2, 0) is 0 Å². The Kier molecular flexibility index (Phi) is 5.34. The van der Waals surface area contributed by atoms with Crippen LogP contribution in [-0.4, -0.2) is 54.5 Å². The molecule has 3 amide bonds. The Morgan fingerprint density at radius 1 is 1.18 bits per heavy atom. The fraction of sp³-hybridized carbons (Fsp3) is 0.600. The van der Waals surface area contributed by atoms with E-state index in [2.05, 4.69) is 26.1 Å². The molecule has 1 aromatic heterocycles. The van der Waals surface area contributed by atoms with Crippen molar-refractivity contribution in [2.75, 3.05) is 32.7 Å². The Hall–Kier alpha value is -1.27. The maximum absolute atomic E-state index is 12.3. The highest BCUT2D eigenvalue weighted by Gasteiger charge is 2.26. The van der Waals surface area contributed by atoms with E-state index in [1.54, 1.807) is 21.9 Å². The van der Waals surface area contributed by atoms with Gasteiger partial charge in [-0.05, 0) is 17.5 Å². The van der Waals surface area contributed by atoms with Gasteiger partial charge in [0.1, 0.15) is 0 Å². The van der Waals surface area contributed by atoms with Crippen LogP contribution in [0.2, 0.25) is 4.34 Å². The van der Waals surface area contributed by atoms with E-state index in [9.17, 15) is 9.59 Å². The predicted octanol–water partition coefficient (Wildman–Crippen LogP) is 2.92. The van der Waals surface area contributed by atoms with Gasteiger partial charge >= 0.3 is 6.03 Å². The van der Waals surface area contributed by atoms with Crippen molar-refractivity contribution in [3.8, 4) is 0 Å². The van der Waals surface area contributed by atoms with E-state index < -0.39 is 0 Å². The van der Waals surface area contributed by atoms with Gasteiger partial charge < -0.3 is 15.1 Å². The molecule has 0 saturated carbocycles. The highest BCUT2D eigenvalue weighted by atomic mass is 35.5. The van der Waals surface area contributed by atoms with E-state index in [4.69, 9.17) is 11.6 Å². The van der Waals surface area contributed by atoms with Crippen LogP contribution in [0.5, 0.6) is 0 Å². The maximum atomic E-state index is 12.3. The molecular weight excluding hydrogens is 322 g/mol. The molecule has 5 nitrogen and oxygen atoms in total. The molecule has 22 heavy (non-hydrogen) atoms. The fourth-order valence-electron chi connectivity index (χ4n) is 2.15. The van der Waals surface area contributed by atoms with Gasteiger partial charge in [-0.25, -0.2) is 4.79 Å². The Morgan fingerprint density at radius 2 is 1.77 bits per heavy atom. The highest BCUT2D eigenvalue weighted by molar-refractivity contribution is 7.17. The first-order chi connectivity index (χ1) is 10.3. The van der Waals surface area contributed by atoms with Crippen molar-refractivity contribution in [1.29, 1.82) is 0 Å². The molecule has 0 unspecified atom stereocenters. The van der Waals surface area contributed by atoms with Crippen molar-refractivity contribution in [3.05, 3.63) is 21.3 Å². The zero-order chi connectivity index (χ0) is 16.3. The van der Waals surface area contributed by atoms with E-state index in [0.29, 0.717) is 41.9 Å². The summed E-state index contributed by atoms with van der Waals surface area (Å²) in [5.74, 6) is -0.00773. The molecule has 1 aromatic rings. The number of hydrogen-bond donors (Lipinski definition) is 1. The van der Waals surface area contributed by atoms with Crippen molar-refractivity contribution in [2.24, 2.45) is 5.41 Å². The molecule has 0 radical (unpaired) electrons. The second-order valence-corrected chi connectivity index (χ2v) is 8.32. The molecule has 0 aliphatic carbocycles. The molecule has 0 atom stereocenters. The molecule has 2 heterocycles. The summed E-state index contributed by atoms with van der Waals surface area (Å²) in [5, 5.41) is 2.94. The van der Waals surface area contributed by atoms with Crippen molar-refractivity contribution < 1.29 is 9.59 Å². The van der Waals surface area contributed by atoms with Gasteiger partial charge in [-0.3, -0.25) is 4.79 Å². The normalized spacial score (nSPS) is 15.8. The highest BCUT2D eigenvalue weighted by Crippen LogP contribution is 2.23. The summed E-state index contributed by atoms with van der Waals surface area (Å²) in [7, 11) is 0. The van der Waals surface area contributed by atoms with Crippen molar-refractivity contribution in [2.45, 2.75) is 20.8 Å². The monoisotopic (exact) mass is 343 g/mol.